The summed E-state index contributed by atoms with van der Waals surface area (Å²) in [7, 11) is -2.46. The van der Waals surface area contributed by atoms with Crippen LogP contribution >= 0.6 is 10.4 Å². The third kappa shape index (κ3) is 6.15. The van der Waals surface area contributed by atoms with E-state index in [1.807, 2.05) is 27.7 Å². The molecule has 210 valence electrons. The van der Waals surface area contributed by atoms with Crippen molar-refractivity contribution in [1.29, 1.82) is 0 Å². The van der Waals surface area contributed by atoms with Gasteiger partial charge in [-0.1, -0.05) is 50.2 Å². The van der Waals surface area contributed by atoms with Crippen LogP contribution in [0.2, 0.25) is 0 Å². The molecule has 0 bridgehead atoms. The van der Waals surface area contributed by atoms with Crippen LogP contribution in [0.15, 0.2) is 57.0 Å². The predicted molar refractivity (Wildman–Crippen MR) is 146 cm³/mol. The first kappa shape index (κ1) is 29.5. The van der Waals surface area contributed by atoms with Gasteiger partial charge in [-0.2, -0.15) is 3.89 Å². The van der Waals surface area contributed by atoms with Crippen molar-refractivity contribution in [3.05, 3.63) is 74.4 Å². The molecule has 0 spiro atoms. The number of ether oxygens (including phenoxy) is 1. The van der Waals surface area contributed by atoms with Crippen LogP contribution in [0.25, 0.3) is 0 Å². The van der Waals surface area contributed by atoms with Crippen LogP contribution in [0, 0.1) is 6.92 Å². The van der Waals surface area contributed by atoms with Crippen molar-refractivity contribution in [3.8, 4) is 0 Å². The lowest BCUT2D eigenvalue weighted by atomic mass is 10.1. The molecule has 0 saturated carbocycles. The minimum atomic E-state index is -2.46. The minimum Gasteiger partial charge on any atom is -0.512 e. The van der Waals surface area contributed by atoms with Crippen LogP contribution in [-0.2, 0) is 22.5 Å². The fraction of sp³-hybridized carbons (Fsp3) is 0.519. The third-order valence-corrected chi connectivity index (χ3v) is 10.5. The van der Waals surface area contributed by atoms with Crippen LogP contribution < -0.4 is 16.6 Å². The first-order chi connectivity index (χ1) is 17.9. The average molecular weight is 552 g/mol. The Morgan fingerprint density at radius 3 is 2.39 bits per heavy atom. The van der Waals surface area contributed by atoms with Gasteiger partial charge in [0.05, 0.1) is 6.42 Å². The maximum absolute atomic E-state index is 15.7. The van der Waals surface area contributed by atoms with Gasteiger partial charge in [-0.3, -0.25) is 18.7 Å². The van der Waals surface area contributed by atoms with Crippen molar-refractivity contribution in [3.63, 3.8) is 0 Å². The van der Waals surface area contributed by atoms with Crippen LogP contribution in [0.5, 0.6) is 0 Å². The summed E-state index contributed by atoms with van der Waals surface area (Å²) in [5, 5.41) is 21.7. The van der Waals surface area contributed by atoms with E-state index < -0.39 is 34.0 Å². The number of nitrogens with one attached hydrogen (secondary N) is 1. The summed E-state index contributed by atoms with van der Waals surface area (Å²) in [6.07, 6.45) is 0.676. The molecule has 2 heterocycles. The molecule has 1 aliphatic heterocycles. The topological polar surface area (TPSA) is 123 Å². The molecule has 0 radical (unpaired) electrons. The summed E-state index contributed by atoms with van der Waals surface area (Å²) in [6, 6.07) is 7.13. The van der Waals surface area contributed by atoms with Crippen LogP contribution in [0.3, 0.4) is 0 Å². The largest absolute Gasteiger partial charge is 0.512 e. The number of nitrogens with zero attached hydrogens (tertiary/aromatic N) is 2. The van der Waals surface area contributed by atoms with E-state index in [4.69, 9.17) is 9.84 Å². The molecule has 2 aromatic rings. The first-order valence-electron chi connectivity index (χ1n) is 12.8. The van der Waals surface area contributed by atoms with Crippen molar-refractivity contribution in [2.75, 3.05) is 6.54 Å². The third-order valence-electron chi connectivity index (χ3n) is 6.73. The molecule has 1 aromatic heterocycles. The molecule has 1 fully saturated rings. The summed E-state index contributed by atoms with van der Waals surface area (Å²) in [4.78, 5) is 38.7. The van der Waals surface area contributed by atoms with Crippen molar-refractivity contribution in [2.24, 2.45) is 0 Å². The molecule has 9 nitrogen and oxygen atoms in total. The highest BCUT2D eigenvalue weighted by Gasteiger charge is 2.34. The predicted octanol–water partition coefficient (Wildman–Crippen LogP) is 3.61. The molecule has 1 aromatic carbocycles. The number of hydrogen-bond donors (Lipinski definition) is 3. The molecule has 11 heteroatoms. The van der Waals surface area contributed by atoms with Crippen LogP contribution in [0.1, 0.15) is 57.9 Å². The smallest absolute Gasteiger partial charge is 0.333 e. The molecule has 1 saturated heterocycles. The second-order valence-corrected chi connectivity index (χ2v) is 13.7. The number of aryl methyl sites for hydroxylation is 1. The Morgan fingerprint density at radius 2 is 1.84 bits per heavy atom. The Labute approximate surface area is 223 Å². The van der Waals surface area contributed by atoms with E-state index in [9.17, 15) is 19.5 Å². The summed E-state index contributed by atoms with van der Waals surface area (Å²) in [5.41, 5.74) is 0.0549. The van der Waals surface area contributed by atoms with Gasteiger partial charge in [0.2, 0.25) is 5.91 Å². The first-order valence-corrected chi connectivity index (χ1v) is 14.4. The Bertz CT molecular complexity index is 1280. The molecule has 1 unspecified atom stereocenters. The van der Waals surface area contributed by atoms with Crippen molar-refractivity contribution in [1.82, 2.24) is 14.5 Å². The highest BCUT2D eigenvalue weighted by atomic mass is 32.3. The number of carbonyl (C=O) groups excluding carboxylic acids is 1. The number of aliphatic hydroxyl groups excluding tert-OH is 2. The Hall–Kier alpha value is -3.05. The van der Waals surface area contributed by atoms with E-state index >= 15 is 3.89 Å². The summed E-state index contributed by atoms with van der Waals surface area (Å²) >= 11 is 0. The quantitative estimate of drug-likeness (QED) is 0.306. The lowest BCUT2D eigenvalue weighted by Crippen LogP contribution is -2.42. The van der Waals surface area contributed by atoms with E-state index in [0.717, 1.165) is 10.1 Å². The number of carbonyl (C=O) groups is 1. The van der Waals surface area contributed by atoms with Gasteiger partial charge in [-0.25, -0.2) is 4.79 Å². The standard InChI is InChI=1S/C27H38FN3O6S/c1-17(2)38(28,18(3)4)21-9-7-20(8-10-21)13-24(34)29-11-6-12-30-26(35)19(5)15-31(27(30)36)25-14-22(33)23(16-32)37-25/h7-10,15-18,22,25,32-33H,6,11-14H2,1-5H3,(H,29,34)/b23-16+/t22-,25?/m0/s1. The molecule has 2 atom stereocenters. The zero-order chi connectivity index (χ0) is 28.2. The van der Waals surface area contributed by atoms with Gasteiger partial charge in [-0.15, -0.1) is 0 Å². The van der Waals surface area contributed by atoms with Crippen LogP contribution in [-0.4, -0.2) is 48.4 Å². The van der Waals surface area contributed by atoms with E-state index in [0.29, 0.717) is 23.1 Å². The van der Waals surface area contributed by atoms with E-state index in [1.54, 1.807) is 31.2 Å². The molecule has 0 aliphatic carbocycles. The van der Waals surface area contributed by atoms with Gasteiger partial charge in [0.1, 0.15) is 12.4 Å². The van der Waals surface area contributed by atoms with E-state index in [-0.39, 0.29) is 48.1 Å². The summed E-state index contributed by atoms with van der Waals surface area (Å²) in [6.45, 7) is 9.50. The number of aromatic nitrogens is 2. The molecule has 1 aliphatic rings. The Morgan fingerprint density at radius 1 is 1.21 bits per heavy atom. The second-order valence-electron chi connectivity index (χ2n) is 10.1. The monoisotopic (exact) mass is 551 g/mol. The van der Waals surface area contributed by atoms with E-state index in [2.05, 4.69) is 5.32 Å². The molecular formula is C27H38FN3O6S. The number of halogens is 1. The summed E-state index contributed by atoms with van der Waals surface area (Å²) in [5.74, 6) is -0.255. The molecule has 3 rings (SSSR count). The highest BCUT2D eigenvalue weighted by Crippen LogP contribution is 2.64. The summed E-state index contributed by atoms with van der Waals surface area (Å²) < 4.78 is 23.4. The van der Waals surface area contributed by atoms with Gasteiger partial charge in [0, 0.05) is 46.7 Å². The molecule has 1 amide bonds. The van der Waals surface area contributed by atoms with Gasteiger partial charge >= 0.3 is 5.69 Å². The zero-order valence-corrected chi connectivity index (χ0v) is 23.3. The normalized spacial score (nSPS) is 19.2. The second kappa shape index (κ2) is 12.2. The van der Waals surface area contributed by atoms with Gasteiger partial charge < -0.3 is 20.3 Å². The van der Waals surface area contributed by atoms with Crippen molar-refractivity contribution >= 4 is 16.3 Å². The molecular weight excluding hydrogens is 513 g/mol. The van der Waals surface area contributed by atoms with E-state index in [1.165, 1.54) is 10.8 Å². The number of rotatable bonds is 10. The SMILES string of the molecule is Cc1cn(C2C[C@H](O)/C(=C\O)O2)c(=O)n(CCCNC(=O)Cc2ccc(S(F)(C(C)C)C(C)C)cc2)c1=O. The maximum Gasteiger partial charge on any atom is 0.333 e. The molecule has 38 heavy (non-hydrogen) atoms. The number of benzene rings is 1. The number of aliphatic hydroxyl groups is 2. The average Bonchev–Trinajstić information content (AvgIpc) is 3.25. The highest BCUT2D eigenvalue weighted by molar-refractivity contribution is 8.30. The zero-order valence-electron chi connectivity index (χ0n) is 22.5. The van der Waals surface area contributed by atoms with Gasteiger partial charge in [0.25, 0.3) is 5.56 Å². The molecule has 3 N–H and O–H groups in total. The van der Waals surface area contributed by atoms with Crippen molar-refractivity contribution < 1.29 is 23.6 Å². The maximum atomic E-state index is 15.7. The van der Waals surface area contributed by atoms with Gasteiger partial charge in [0.15, 0.2) is 12.0 Å². The fourth-order valence-corrected chi connectivity index (χ4v) is 7.39. The lowest BCUT2D eigenvalue weighted by molar-refractivity contribution is -0.120. The fourth-order valence-electron chi connectivity index (χ4n) is 4.66. The Kier molecular flexibility index (Phi) is 9.48. The van der Waals surface area contributed by atoms with Crippen LogP contribution in [0.4, 0.5) is 3.89 Å². The van der Waals surface area contributed by atoms with Gasteiger partial charge in [-0.05, 0) is 31.0 Å². The van der Waals surface area contributed by atoms with Crippen molar-refractivity contribution in [2.45, 2.75) is 88.2 Å². The minimum absolute atomic E-state index is 0.0419. The lowest BCUT2D eigenvalue weighted by Gasteiger charge is -2.39. The number of hydrogen-bond acceptors (Lipinski definition) is 6. The number of amides is 1. The Balaban J connectivity index is 1.58.